The molecule has 0 atom stereocenters. The molecule has 0 radical (unpaired) electrons. The molecule has 1 saturated carbocycles. The van der Waals surface area contributed by atoms with Crippen molar-refractivity contribution in [3.63, 3.8) is 0 Å². The van der Waals surface area contributed by atoms with Crippen molar-refractivity contribution < 1.29 is 27.4 Å². The lowest BCUT2D eigenvalue weighted by molar-refractivity contribution is -0.140. The summed E-state index contributed by atoms with van der Waals surface area (Å²) in [6.07, 6.45) is -1.82. The quantitative estimate of drug-likeness (QED) is 0.217. The first-order valence-electron chi connectivity index (χ1n) is 11.5. The van der Waals surface area contributed by atoms with E-state index < -0.39 is 23.3 Å². The average molecular weight is 476 g/mol. The molecule has 4 aromatic carbocycles. The Balaban J connectivity index is 1.57. The monoisotopic (exact) mass is 476 g/mol. The number of esters is 1. The third-order valence-electron chi connectivity index (χ3n) is 6.47. The molecule has 0 aromatic heterocycles. The minimum absolute atomic E-state index is 0.0112. The lowest BCUT2D eigenvalue weighted by Crippen LogP contribution is -2.31. The molecule has 0 heterocycles. The number of carbonyl (C=O) groups excluding carboxylic acids is 1. The summed E-state index contributed by atoms with van der Waals surface area (Å²) in [7, 11) is 0. The minimum Gasteiger partial charge on any atom is -0.482 e. The average Bonchev–Trinajstić information content (AvgIpc) is 3.33. The number of hydrogen-bond donors (Lipinski definition) is 0. The standard InChI is InChI=1S/C29H23F3O3/c30-29(31,32)25-16-15-21(27(33)34-22-11-2-1-3-12-22)19-26(25)35-28(17-6-7-18-28)24-14-8-10-20-9-4-5-13-23(20)24/h1-5,8-16,19H,6-7,17-18H2. The van der Waals surface area contributed by atoms with Crippen molar-refractivity contribution in [3.8, 4) is 11.5 Å². The van der Waals surface area contributed by atoms with Crippen LogP contribution in [-0.4, -0.2) is 5.97 Å². The molecule has 0 N–H and O–H groups in total. The maximum atomic E-state index is 14.0. The van der Waals surface area contributed by atoms with Gasteiger partial charge in [0.15, 0.2) is 0 Å². The van der Waals surface area contributed by atoms with Crippen molar-refractivity contribution in [1.82, 2.24) is 0 Å². The highest BCUT2D eigenvalue weighted by Gasteiger charge is 2.42. The van der Waals surface area contributed by atoms with Crippen LogP contribution >= 0.6 is 0 Å². The van der Waals surface area contributed by atoms with Gasteiger partial charge in [-0.1, -0.05) is 60.7 Å². The molecule has 0 bridgehead atoms. The van der Waals surface area contributed by atoms with Crippen molar-refractivity contribution >= 4 is 16.7 Å². The van der Waals surface area contributed by atoms with Gasteiger partial charge >= 0.3 is 12.1 Å². The van der Waals surface area contributed by atoms with Crippen LogP contribution in [0.2, 0.25) is 0 Å². The number of carbonyl (C=O) groups is 1. The molecular formula is C29H23F3O3. The largest absolute Gasteiger partial charge is 0.482 e. The van der Waals surface area contributed by atoms with Crippen LogP contribution < -0.4 is 9.47 Å². The molecule has 3 nitrogen and oxygen atoms in total. The molecule has 1 fully saturated rings. The lowest BCUT2D eigenvalue weighted by Gasteiger charge is -2.33. The fourth-order valence-corrected chi connectivity index (χ4v) is 4.83. The molecule has 1 aliphatic rings. The Morgan fingerprint density at radius 1 is 0.800 bits per heavy atom. The van der Waals surface area contributed by atoms with E-state index in [-0.39, 0.29) is 11.3 Å². The number of hydrogen-bond acceptors (Lipinski definition) is 3. The van der Waals surface area contributed by atoms with Crippen molar-refractivity contribution in [2.45, 2.75) is 37.5 Å². The molecule has 0 aliphatic heterocycles. The third kappa shape index (κ3) is 4.61. The van der Waals surface area contributed by atoms with Gasteiger partial charge in [0, 0.05) is 5.56 Å². The van der Waals surface area contributed by atoms with Crippen LogP contribution in [0, 0.1) is 0 Å². The zero-order valence-electron chi connectivity index (χ0n) is 18.8. The Hall–Kier alpha value is -3.80. The first-order chi connectivity index (χ1) is 16.9. The second-order valence-corrected chi connectivity index (χ2v) is 8.74. The topological polar surface area (TPSA) is 35.5 Å². The fourth-order valence-electron chi connectivity index (χ4n) is 4.83. The molecule has 0 amide bonds. The summed E-state index contributed by atoms with van der Waals surface area (Å²) < 4.78 is 53.6. The van der Waals surface area contributed by atoms with Gasteiger partial charge in [-0.15, -0.1) is 0 Å². The van der Waals surface area contributed by atoms with Crippen molar-refractivity contribution in [2.75, 3.05) is 0 Å². The summed E-state index contributed by atoms with van der Waals surface area (Å²) in [4.78, 5) is 12.7. The molecule has 178 valence electrons. The second kappa shape index (κ2) is 9.10. The van der Waals surface area contributed by atoms with Crippen molar-refractivity contribution in [1.29, 1.82) is 0 Å². The van der Waals surface area contributed by atoms with Gasteiger partial charge in [0.05, 0.1) is 11.1 Å². The van der Waals surface area contributed by atoms with Gasteiger partial charge in [-0.25, -0.2) is 4.79 Å². The molecule has 0 saturated heterocycles. The molecule has 0 unspecified atom stereocenters. The minimum atomic E-state index is -4.64. The van der Waals surface area contributed by atoms with E-state index in [0.29, 0.717) is 18.6 Å². The van der Waals surface area contributed by atoms with Crippen LogP contribution in [0.4, 0.5) is 13.2 Å². The molecule has 1 aliphatic carbocycles. The first kappa shape index (κ1) is 23.0. The molecular weight excluding hydrogens is 453 g/mol. The van der Waals surface area contributed by atoms with Crippen LogP contribution in [0.25, 0.3) is 10.8 Å². The zero-order chi connectivity index (χ0) is 24.5. The number of fused-ring (bicyclic) bond motifs is 1. The summed E-state index contributed by atoms with van der Waals surface area (Å²) in [5.41, 5.74) is -0.996. The number of ether oxygens (including phenoxy) is 2. The Morgan fingerprint density at radius 2 is 1.49 bits per heavy atom. The van der Waals surface area contributed by atoms with Crippen molar-refractivity contribution in [2.24, 2.45) is 0 Å². The zero-order valence-corrected chi connectivity index (χ0v) is 18.8. The van der Waals surface area contributed by atoms with E-state index in [9.17, 15) is 18.0 Å². The molecule has 5 rings (SSSR count). The van der Waals surface area contributed by atoms with E-state index in [1.807, 2.05) is 42.5 Å². The summed E-state index contributed by atoms with van der Waals surface area (Å²) in [6, 6.07) is 25.1. The molecule has 35 heavy (non-hydrogen) atoms. The summed E-state index contributed by atoms with van der Waals surface area (Å²) in [5.74, 6) is -0.807. The van der Waals surface area contributed by atoms with Crippen LogP contribution in [0.15, 0.2) is 91.0 Å². The number of halogens is 3. The van der Waals surface area contributed by atoms with Gasteiger partial charge in [0.2, 0.25) is 0 Å². The van der Waals surface area contributed by atoms with Crippen LogP contribution in [0.1, 0.15) is 47.2 Å². The Bertz CT molecular complexity index is 1350. The highest BCUT2D eigenvalue weighted by atomic mass is 19.4. The molecule has 4 aromatic rings. The number of rotatable bonds is 5. The van der Waals surface area contributed by atoms with E-state index >= 15 is 0 Å². The van der Waals surface area contributed by atoms with Crippen LogP contribution in [0.5, 0.6) is 11.5 Å². The second-order valence-electron chi connectivity index (χ2n) is 8.74. The predicted molar refractivity (Wildman–Crippen MR) is 128 cm³/mol. The number of para-hydroxylation sites is 1. The Labute approximate surface area is 201 Å². The summed E-state index contributed by atoms with van der Waals surface area (Å²) >= 11 is 0. The van der Waals surface area contributed by atoms with Gasteiger partial charge in [0.1, 0.15) is 17.1 Å². The van der Waals surface area contributed by atoms with E-state index in [4.69, 9.17) is 9.47 Å². The summed E-state index contributed by atoms with van der Waals surface area (Å²) in [5, 5.41) is 1.95. The smallest absolute Gasteiger partial charge is 0.419 e. The van der Waals surface area contributed by atoms with Gasteiger partial charge in [-0.3, -0.25) is 0 Å². The molecule has 6 heteroatoms. The Morgan fingerprint density at radius 3 is 2.23 bits per heavy atom. The first-order valence-corrected chi connectivity index (χ1v) is 11.5. The lowest BCUT2D eigenvalue weighted by atomic mass is 9.87. The maximum absolute atomic E-state index is 14.0. The van der Waals surface area contributed by atoms with E-state index in [0.717, 1.165) is 47.4 Å². The number of alkyl halides is 3. The SMILES string of the molecule is O=C(Oc1ccccc1)c1ccc(C(F)(F)F)c(OC2(c3cccc4ccccc34)CCCC2)c1. The maximum Gasteiger partial charge on any atom is 0.419 e. The predicted octanol–water partition coefficient (Wildman–Crippen LogP) is 7.93. The van der Waals surface area contributed by atoms with Gasteiger partial charge in [-0.2, -0.15) is 13.2 Å². The summed E-state index contributed by atoms with van der Waals surface area (Å²) in [6.45, 7) is 0. The molecule has 0 spiro atoms. The van der Waals surface area contributed by atoms with Gasteiger partial charge in [0.25, 0.3) is 0 Å². The highest BCUT2D eigenvalue weighted by molar-refractivity contribution is 5.91. The van der Waals surface area contributed by atoms with E-state index in [1.54, 1.807) is 30.3 Å². The number of benzene rings is 4. The van der Waals surface area contributed by atoms with Crippen molar-refractivity contribution in [3.05, 3.63) is 108 Å². The normalized spacial score (nSPS) is 15.2. The van der Waals surface area contributed by atoms with Gasteiger partial charge in [-0.05, 0) is 66.8 Å². The third-order valence-corrected chi connectivity index (χ3v) is 6.47. The highest BCUT2D eigenvalue weighted by Crippen LogP contribution is 2.47. The van der Waals surface area contributed by atoms with Crippen LogP contribution in [-0.2, 0) is 11.8 Å². The van der Waals surface area contributed by atoms with Gasteiger partial charge < -0.3 is 9.47 Å². The van der Waals surface area contributed by atoms with E-state index in [2.05, 4.69) is 0 Å². The van der Waals surface area contributed by atoms with Crippen LogP contribution in [0.3, 0.4) is 0 Å². The van der Waals surface area contributed by atoms with E-state index in [1.165, 1.54) is 0 Å². The fraction of sp³-hybridized carbons (Fsp3) is 0.207. The Kier molecular flexibility index (Phi) is 5.97.